The summed E-state index contributed by atoms with van der Waals surface area (Å²) in [6.07, 6.45) is 7.55. The van der Waals surface area contributed by atoms with Gasteiger partial charge in [-0.1, -0.05) is 24.6 Å². The first-order valence-corrected chi connectivity index (χ1v) is 10.1. The molecule has 0 unspecified atom stereocenters. The van der Waals surface area contributed by atoms with Crippen LogP contribution in [-0.4, -0.2) is 43.0 Å². The van der Waals surface area contributed by atoms with Gasteiger partial charge in [0, 0.05) is 44.3 Å². The Morgan fingerprint density at radius 3 is 2.64 bits per heavy atom. The molecule has 1 aromatic carbocycles. The van der Waals surface area contributed by atoms with Crippen molar-refractivity contribution in [2.75, 3.05) is 31.1 Å². The van der Waals surface area contributed by atoms with Crippen molar-refractivity contribution < 1.29 is 4.79 Å². The van der Waals surface area contributed by atoms with Gasteiger partial charge in [0.15, 0.2) is 0 Å². The average molecular weight is 341 g/mol. The molecule has 4 heteroatoms. The van der Waals surface area contributed by atoms with Crippen molar-refractivity contribution in [3.8, 4) is 0 Å². The number of fused-ring (bicyclic) bond motifs is 1. The first-order valence-electron chi connectivity index (χ1n) is 10.1. The summed E-state index contributed by atoms with van der Waals surface area (Å²) in [6, 6.07) is 9.04. The maximum atomic E-state index is 12.6. The fourth-order valence-corrected chi connectivity index (χ4v) is 4.95. The van der Waals surface area contributed by atoms with E-state index < -0.39 is 0 Å². The summed E-state index contributed by atoms with van der Waals surface area (Å²) < 4.78 is 0. The van der Waals surface area contributed by atoms with Crippen molar-refractivity contribution in [2.24, 2.45) is 17.6 Å². The summed E-state index contributed by atoms with van der Waals surface area (Å²) in [5.74, 6) is 1.47. The number of hydrogen-bond donors (Lipinski definition) is 1. The third-order valence-corrected chi connectivity index (χ3v) is 6.58. The Morgan fingerprint density at radius 1 is 1.08 bits per heavy atom. The highest BCUT2D eigenvalue weighted by atomic mass is 16.2. The Morgan fingerprint density at radius 2 is 1.88 bits per heavy atom. The zero-order chi connectivity index (χ0) is 17.2. The number of rotatable bonds is 4. The van der Waals surface area contributed by atoms with Gasteiger partial charge in [-0.05, 0) is 55.6 Å². The SMILES string of the molecule is N[C@@H]1CCC[C@H]1CC(=O)N1CCC(CN2CCc3ccccc32)CC1. The zero-order valence-corrected chi connectivity index (χ0v) is 15.2. The van der Waals surface area contributed by atoms with Crippen LogP contribution in [0.5, 0.6) is 0 Å². The Balaban J connectivity index is 1.25. The standard InChI is InChI=1S/C21H31N3O/c22-19-6-3-5-18(19)14-21(25)23-11-8-16(9-12-23)15-24-13-10-17-4-1-2-7-20(17)24/h1-2,4,7,16,18-19H,3,5-6,8-15,22H2/t18-,19+/m0/s1. The Labute approximate surface area is 151 Å². The molecule has 4 rings (SSSR count). The van der Waals surface area contributed by atoms with Crippen molar-refractivity contribution >= 4 is 11.6 Å². The van der Waals surface area contributed by atoms with E-state index in [-0.39, 0.29) is 6.04 Å². The number of carbonyl (C=O) groups is 1. The predicted molar refractivity (Wildman–Crippen MR) is 102 cm³/mol. The van der Waals surface area contributed by atoms with E-state index in [1.807, 2.05) is 0 Å². The molecule has 25 heavy (non-hydrogen) atoms. The van der Waals surface area contributed by atoms with E-state index in [0.717, 1.165) is 51.9 Å². The van der Waals surface area contributed by atoms with Crippen LogP contribution in [0.4, 0.5) is 5.69 Å². The van der Waals surface area contributed by atoms with E-state index in [2.05, 4.69) is 34.1 Å². The third-order valence-electron chi connectivity index (χ3n) is 6.58. The van der Waals surface area contributed by atoms with E-state index in [9.17, 15) is 4.79 Å². The molecule has 2 N–H and O–H groups in total. The maximum Gasteiger partial charge on any atom is 0.222 e. The Kier molecular flexibility index (Phi) is 4.98. The number of anilines is 1. The molecule has 2 aliphatic heterocycles. The van der Waals surface area contributed by atoms with Crippen LogP contribution < -0.4 is 10.6 Å². The number of benzene rings is 1. The molecule has 0 bridgehead atoms. The van der Waals surface area contributed by atoms with Gasteiger partial charge in [0.1, 0.15) is 0 Å². The Hall–Kier alpha value is -1.55. The molecule has 2 fully saturated rings. The van der Waals surface area contributed by atoms with Crippen LogP contribution in [0.2, 0.25) is 0 Å². The van der Waals surface area contributed by atoms with Crippen LogP contribution in [0.25, 0.3) is 0 Å². The largest absolute Gasteiger partial charge is 0.371 e. The molecule has 0 radical (unpaired) electrons. The molecule has 4 nitrogen and oxygen atoms in total. The lowest BCUT2D eigenvalue weighted by Crippen LogP contribution is -2.42. The number of hydrogen-bond acceptors (Lipinski definition) is 3. The smallest absolute Gasteiger partial charge is 0.222 e. The van der Waals surface area contributed by atoms with Crippen LogP contribution in [0, 0.1) is 11.8 Å². The first kappa shape index (κ1) is 16.9. The third kappa shape index (κ3) is 3.69. The summed E-state index contributed by atoms with van der Waals surface area (Å²) in [5.41, 5.74) is 9.05. The second-order valence-electron chi connectivity index (χ2n) is 8.21. The highest BCUT2D eigenvalue weighted by Crippen LogP contribution is 2.31. The summed E-state index contributed by atoms with van der Waals surface area (Å²) in [4.78, 5) is 17.2. The van der Waals surface area contributed by atoms with Gasteiger partial charge < -0.3 is 15.5 Å². The van der Waals surface area contributed by atoms with E-state index in [1.54, 1.807) is 0 Å². The van der Waals surface area contributed by atoms with Crippen LogP contribution in [-0.2, 0) is 11.2 Å². The normalized spacial score (nSPS) is 26.9. The summed E-state index contributed by atoms with van der Waals surface area (Å²) in [5, 5.41) is 0. The molecule has 1 amide bonds. The van der Waals surface area contributed by atoms with Gasteiger partial charge in [-0.3, -0.25) is 4.79 Å². The number of amides is 1. The highest BCUT2D eigenvalue weighted by Gasteiger charge is 2.30. The van der Waals surface area contributed by atoms with Crippen molar-refractivity contribution in [1.29, 1.82) is 0 Å². The van der Waals surface area contributed by atoms with E-state index in [4.69, 9.17) is 5.73 Å². The number of para-hydroxylation sites is 1. The average Bonchev–Trinajstić information content (AvgIpc) is 3.22. The predicted octanol–water partition coefficient (Wildman–Crippen LogP) is 2.81. The minimum absolute atomic E-state index is 0.247. The number of nitrogens with zero attached hydrogens (tertiary/aromatic N) is 2. The molecule has 2 atom stereocenters. The van der Waals surface area contributed by atoms with Crippen LogP contribution in [0.1, 0.15) is 44.1 Å². The van der Waals surface area contributed by atoms with Crippen molar-refractivity contribution in [1.82, 2.24) is 4.90 Å². The first-order chi connectivity index (χ1) is 12.2. The molecule has 1 saturated heterocycles. The fraction of sp³-hybridized carbons (Fsp3) is 0.667. The molecule has 0 aromatic heterocycles. The molecule has 1 saturated carbocycles. The van der Waals surface area contributed by atoms with Gasteiger partial charge >= 0.3 is 0 Å². The minimum Gasteiger partial charge on any atom is -0.371 e. The quantitative estimate of drug-likeness (QED) is 0.916. The van der Waals surface area contributed by atoms with E-state index >= 15 is 0 Å². The van der Waals surface area contributed by atoms with Gasteiger partial charge in [0.25, 0.3) is 0 Å². The van der Waals surface area contributed by atoms with Crippen LogP contribution in [0.3, 0.4) is 0 Å². The molecule has 136 valence electrons. The maximum absolute atomic E-state index is 12.6. The lowest BCUT2D eigenvalue weighted by atomic mass is 9.94. The molecule has 2 heterocycles. The second kappa shape index (κ2) is 7.36. The van der Waals surface area contributed by atoms with Gasteiger partial charge in [-0.25, -0.2) is 0 Å². The molecule has 1 aromatic rings. The van der Waals surface area contributed by atoms with Gasteiger partial charge in [0.2, 0.25) is 5.91 Å². The second-order valence-corrected chi connectivity index (χ2v) is 8.21. The number of carbonyl (C=O) groups excluding carboxylic acids is 1. The minimum atomic E-state index is 0.247. The van der Waals surface area contributed by atoms with Crippen molar-refractivity contribution in [3.63, 3.8) is 0 Å². The van der Waals surface area contributed by atoms with Crippen LogP contribution >= 0.6 is 0 Å². The molecule has 0 spiro atoms. The summed E-state index contributed by atoms with van der Waals surface area (Å²) in [7, 11) is 0. The van der Waals surface area contributed by atoms with E-state index in [1.165, 1.54) is 24.1 Å². The molecule has 3 aliphatic rings. The van der Waals surface area contributed by atoms with Gasteiger partial charge in [-0.15, -0.1) is 0 Å². The number of likely N-dealkylation sites (tertiary alicyclic amines) is 1. The number of piperidine rings is 1. The van der Waals surface area contributed by atoms with Crippen molar-refractivity contribution in [2.45, 2.75) is 51.0 Å². The van der Waals surface area contributed by atoms with Gasteiger partial charge in [0.05, 0.1) is 0 Å². The molecular weight excluding hydrogens is 310 g/mol. The monoisotopic (exact) mass is 341 g/mol. The highest BCUT2D eigenvalue weighted by molar-refractivity contribution is 5.76. The van der Waals surface area contributed by atoms with Gasteiger partial charge in [-0.2, -0.15) is 0 Å². The fourth-order valence-electron chi connectivity index (χ4n) is 4.95. The Bertz CT molecular complexity index is 609. The molecule has 1 aliphatic carbocycles. The number of nitrogens with two attached hydrogens (primary N) is 1. The topological polar surface area (TPSA) is 49.6 Å². The summed E-state index contributed by atoms with van der Waals surface area (Å²) >= 11 is 0. The zero-order valence-electron chi connectivity index (χ0n) is 15.2. The van der Waals surface area contributed by atoms with Crippen molar-refractivity contribution in [3.05, 3.63) is 29.8 Å². The van der Waals surface area contributed by atoms with Crippen LogP contribution in [0.15, 0.2) is 24.3 Å². The lowest BCUT2D eigenvalue weighted by molar-refractivity contribution is -0.133. The molecular formula is C21H31N3O. The van der Waals surface area contributed by atoms with E-state index in [0.29, 0.717) is 24.2 Å². The summed E-state index contributed by atoms with van der Waals surface area (Å²) in [6.45, 7) is 4.16. The lowest BCUT2D eigenvalue weighted by Gasteiger charge is -2.35.